The first-order valence-corrected chi connectivity index (χ1v) is 12.6. The number of thiazole rings is 1. The molecule has 0 radical (unpaired) electrons. The lowest BCUT2D eigenvalue weighted by Crippen LogP contribution is -2.33. The van der Waals surface area contributed by atoms with Gasteiger partial charge in [0.1, 0.15) is 16.5 Å². The zero-order chi connectivity index (χ0) is 25.4. The maximum absolute atomic E-state index is 12.7. The summed E-state index contributed by atoms with van der Waals surface area (Å²) in [5, 5.41) is 17.7. The first kappa shape index (κ1) is 24.0. The average molecular weight is 534 g/mol. The van der Waals surface area contributed by atoms with E-state index in [0.717, 1.165) is 21.3 Å². The number of benzene rings is 3. The predicted molar refractivity (Wildman–Crippen MR) is 149 cm³/mol. The molecule has 2 aromatic heterocycles. The topological polar surface area (TPSA) is 87.4 Å². The molecule has 6 nitrogen and oxygen atoms in total. The van der Waals surface area contributed by atoms with Crippen molar-refractivity contribution in [2.45, 2.75) is 13.8 Å². The van der Waals surface area contributed by atoms with Gasteiger partial charge in [0.2, 0.25) is 0 Å². The summed E-state index contributed by atoms with van der Waals surface area (Å²) in [5.74, 6) is 0.297. The van der Waals surface area contributed by atoms with E-state index in [-0.39, 0.29) is 16.6 Å². The molecule has 3 aromatic carbocycles. The van der Waals surface area contributed by atoms with Crippen LogP contribution in [0, 0.1) is 13.8 Å². The van der Waals surface area contributed by atoms with Gasteiger partial charge in [-0.15, -0.1) is 11.3 Å². The van der Waals surface area contributed by atoms with Crippen LogP contribution in [0.4, 0.5) is 5.69 Å². The number of carbonyl (C=O) groups is 1. The number of phenolic OH excluding ortho intramolecular Hbond substituents is 1. The molecular formula is C27H20ClN3O3S2. The number of nitrogens with zero attached hydrogens (tertiary/aromatic N) is 1. The standard InChI is InChI=1S/C27H20ClN3O3S2/c1-14-7-8-16(12-19(14)28)21-9-10-22(34-21)25(33)31-27(35)29-17-11-15(2)24(32)18(13-17)26-30-20-5-3-4-6-23(20)36-26/h3-13,32H,1-2H3,(H2,29,31,33,35). The fourth-order valence-electron chi connectivity index (χ4n) is 3.69. The summed E-state index contributed by atoms with van der Waals surface area (Å²) in [6, 6.07) is 20.1. The van der Waals surface area contributed by atoms with E-state index in [1.165, 1.54) is 11.3 Å². The Bertz CT molecular complexity index is 1610. The molecule has 180 valence electrons. The van der Waals surface area contributed by atoms with E-state index >= 15 is 0 Å². The highest BCUT2D eigenvalue weighted by Gasteiger charge is 2.17. The smallest absolute Gasteiger partial charge is 0.293 e. The predicted octanol–water partition coefficient (Wildman–Crippen LogP) is 7.33. The van der Waals surface area contributed by atoms with Crippen molar-refractivity contribution < 1.29 is 14.3 Å². The van der Waals surface area contributed by atoms with E-state index in [9.17, 15) is 9.90 Å². The largest absolute Gasteiger partial charge is 0.507 e. The summed E-state index contributed by atoms with van der Waals surface area (Å²) in [4.78, 5) is 17.4. The van der Waals surface area contributed by atoms with Gasteiger partial charge < -0.3 is 14.8 Å². The molecule has 0 saturated carbocycles. The van der Waals surface area contributed by atoms with Gasteiger partial charge in [0.05, 0.1) is 15.8 Å². The highest BCUT2D eigenvalue weighted by atomic mass is 35.5. The van der Waals surface area contributed by atoms with E-state index in [2.05, 4.69) is 15.6 Å². The third-order valence-electron chi connectivity index (χ3n) is 5.60. The van der Waals surface area contributed by atoms with Gasteiger partial charge in [0.25, 0.3) is 5.91 Å². The number of thiocarbonyl (C=S) groups is 1. The van der Waals surface area contributed by atoms with Crippen molar-refractivity contribution in [2.75, 3.05) is 5.32 Å². The molecule has 1 amide bonds. The van der Waals surface area contributed by atoms with Gasteiger partial charge in [-0.2, -0.15) is 0 Å². The SMILES string of the molecule is Cc1ccc(-c2ccc(C(=O)NC(=S)Nc3cc(C)c(O)c(-c4nc5ccccc5s4)c3)o2)cc1Cl. The second kappa shape index (κ2) is 9.73. The summed E-state index contributed by atoms with van der Waals surface area (Å²) in [6.45, 7) is 3.71. The van der Waals surface area contributed by atoms with E-state index in [4.69, 9.17) is 28.2 Å². The van der Waals surface area contributed by atoms with Crippen LogP contribution >= 0.6 is 35.2 Å². The number of furan rings is 1. The molecule has 36 heavy (non-hydrogen) atoms. The number of amides is 1. The highest BCUT2D eigenvalue weighted by Crippen LogP contribution is 2.39. The number of para-hydroxylation sites is 1. The summed E-state index contributed by atoms with van der Waals surface area (Å²) in [7, 11) is 0. The van der Waals surface area contributed by atoms with Crippen LogP contribution in [-0.2, 0) is 0 Å². The molecule has 9 heteroatoms. The van der Waals surface area contributed by atoms with Crippen molar-refractivity contribution in [3.8, 4) is 27.6 Å². The minimum atomic E-state index is -0.487. The molecular weight excluding hydrogens is 514 g/mol. The molecule has 0 saturated heterocycles. The first-order valence-electron chi connectivity index (χ1n) is 11.0. The van der Waals surface area contributed by atoms with Crippen LogP contribution in [0.1, 0.15) is 21.7 Å². The summed E-state index contributed by atoms with van der Waals surface area (Å²) < 4.78 is 6.74. The lowest BCUT2D eigenvalue weighted by atomic mass is 10.1. The number of aromatic nitrogens is 1. The summed E-state index contributed by atoms with van der Waals surface area (Å²) in [5.41, 5.74) is 4.43. The van der Waals surface area contributed by atoms with Crippen molar-refractivity contribution in [3.05, 3.63) is 88.6 Å². The normalized spacial score (nSPS) is 11.0. The lowest BCUT2D eigenvalue weighted by molar-refractivity contribution is 0.0951. The van der Waals surface area contributed by atoms with Gasteiger partial charge in [-0.05, 0) is 79.7 Å². The number of fused-ring (bicyclic) bond motifs is 1. The van der Waals surface area contributed by atoms with Crippen LogP contribution in [0.25, 0.3) is 32.1 Å². The number of anilines is 1. The molecule has 0 fully saturated rings. The van der Waals surface area contributed by atoms with Crippen LogP contribution in [0.15, 0.2) is 71.1 Å². The minimum Gasteiger partial charge on any atom is -0.507 e. The second-order valence-electron chi connectivity index (χ2n) is 8.21. The Hall–Kier alpha value is -3.72. The second-order valence-corrected chi connectivity index (χ2v) is 10.1. The van der Waals surface area contributed by atoms with E-state index in [1.54, 1.807) is 37.3 Å². The van der Waals surface area contributed by atoms with Crippen molar-refractivity contribution in [3.63, 3.8) is 0 Å². The van der Waals surface area contributed by atoms with Gasteiger partial charge in [-0.25, -0.2) is 4.98 Å². The number of hydrogen-bond donors (Lipinski definition) is 3. The van der Waals surface area contributed by atoms with E-state index < -0.39 is 5.91 Å². The molecule has 0 unspecified atom stereocenters. The zero-order valence-electron chi connectivity index (χ0n) is 19.3. The Morgan fingerprint density at radius 1 is 1.06 bits per heavy atom. The number of aromatic hydroxyl groups is 1. The fraction of sp³-hybridized carbons (Fsp3) is 0.0741. The van der Waals surface area contributed by atoms with E-state index in [1.807, 2.05) is 43.3 Å². The van der Waals surface area contributed by atoms with Crippen LogP contribution < -0.4 is 10.6 Å². The van der Waals surface area contributed by atoms with Gasteiger partial charge in [0.15, 0.2) is 10.9 Å². The Morgan fingerprint density at radius 2 is 1.86 bits per heavy atom. The van der Waals surface area contributed by atoms with Crippen LogP contribution in [0.3, 0.4) is 0 Å². The number of aryl methyl sites for hydroxylation is 2. The van der Waals surface area contributed by atoms with Gasteiger partial charge in [0, 0.05) is 16.3 Å². The van der Waals surface area contributed by atoms with Gasteiger partial charge >= 0.3 is 0 Å². The third kappa shape index (κ3) is 4.83. The molecule has 5 rings (SSSR count). The molecule has 0 aliphatic carbocycles. The first-order chi connectivity index (χ1) is 17.3. The number of hydrogen-bond acceptors (Lipinski definition) is 6. The maximum atomic E-state index is 12.7. The average Bonchev–Trinajstić information content (AvgIpc) is 3.50. The lowest BCUT2D eigenvalue weighted by Gasteiger charge is -2.12. The molecule has 0 atom stereocenters. The third-order valence-corrected chi connectivity index (χ3v) is 7.28. The molecule has 0 aliphatic heterocycles. The molecule has 3 N–H and O–H groups in total. The van der Waals surface area contributed by atoms with Crippen LogP contribution in [-0.4, -0.2) is 21.1 Å². The Labute approximate surface area is 221 Å². The quantitative estimate of drug-likeness (QED) is 0.166. The van der Waals surface area contributed by atoms with Crippen molar-refractivity contribution in [1.29, 1.82) is 0 Å². The Kier molecular flexibility index (Phi) is 6.49. The molecule has 2 heterocycles. The number of nitrogens with one attached hydrogen (secondary N) is 2. The molecule has 0 aliphatic rings. The minimum absolute atomic E-state index is 0.0941. The van der Waals surface area contributed by atoms with Crippen molar-refractivity contribution in [2.24, 2.45) is 0 Å². The van der Waals surface area contributed by atoms with Gasteiger partial charge in [-0.1, -0.05) is 35.9 Å². The zero-order valence-corrected chi connectivity index (χ0v) is 21.6. The summed E-state index contributed by atoms with van der Waals surface area (Å²) >= 11 is 13.0. The molecule has 0 spiro atoms. The Balaban J connectivity index is 1.32. The van der Waals surface area contributed by atoms with Crippen molar-refractivity contribution >= 4 is 62.1 Å². The van der Waals surface area contributed by atoms with Gasteiger partial charge in [-0.3, -0.25) is 10.1 Å². The maximum Gasteiger partial charge on any atom is 0.293 e. The van der Waals surface area contributed by atoms with Crippen LogP contribution in [0.5, 0.6) is 5.75 Å². The Morgan fingerprint density at radius 3 is 2.64 bits per heavy atom. The number of phenols is 1. The highest BCUT2D eigenvalue weighted by molar-refractivity contribution is 7.80. The number of carbonyl (C=O) groups excluding carboxylic acids is 1. The molecule has 0 bridgehead atoms. The number of halogens is 1. The molecule has 5 aromatic rings. The van der Waals surface area contributed by atoms with Crippen molar-refractivity contribution in [1.82, 2.24) is 10.3 Å². The monoisotopic (exact) mass is 533 g/mol. The number of rotatable bonds is 4. The van der Waals surface area contributed by atoms with E-state index in [0.29, 0.717) is 32.6 Å². The summed E-state index contributed by atoms with van der Waals surface area (Å²) in [6.07, 6.45) is 0. The van der Waals surface area contributed by atoms with Crippen LogP contribution in [0.2, 0.25) is 5.02 Å². The fourth-order valence-corrected chi connectivity index (χ4v) is 5.06.